The van der Waals surface area contributed by atoms with Gasteiger partial charge in [-0.05, 0) is 43.6 Å². The van der Waals surface area contributed by atoms with Crippen LogP contribution in [0.15, 0.2) is 18.2 Å². The van der Waals surface area contributed by atoms with Gasteiger partial charge in [0.2, 0.25) is 0 Å². The standard InChI is InChI=1S/C16H24N2O2/c17-11-14(12-18-6-2-1-3-7-18)13-4-5-15-16(10-13)20-9-8-19-15/h4-5,10,14H,1-3,6-9,11-12,17H2. The molecule has 1 fully saturated rings. The summed E-state index contributed by atoms with van der Waals surface area (Å²) in [6.45, 7) is 5.42. The van der Waals surface area contributed by atoms with E-state index < -0.39 is 0 Å². The molecule has 4 heteroatoms. The number of nitrogens with zero attached hydrogens (tertiary/aromatic N) is 1. The van der Waals surface area contributed by atoms with Crippen molar-refractivity contribution in [3.63, 3.8) is 0 Å². The molecule has 0 bridgehead atoms. The van der Waals surface area contributed by atoms with Gasteiger partial charge in [-0.15, -0.1) is 0 Å². The van der Waals surface area contributed by atoms with E-state index in [4.69, 9.17) is 15.2 Å². The Kier molecular flexibility index (Phi) is 4.43. The fourth-order valence-electron chi connectivity index (χ4n) is 3.08. The SMILES string of the molecule is NCC(CN1CCCCC1)c1ccc2c(c1)OCCO2. The van der Waals surface area contributed by atoms with Gasteiger partial charge in [0.1, 0.15) is 13.2 Å². The minimum absolute atomic E-state index is 0.379. The monoisotopic (exact) mass is 276 g/mol. The van der Waals surface area contributed by atoms with E-state index in [9.17, 15) is 0 Å². The molecular formula is C16H24N2O2. The fraction of sp³-hybridized carbons (Fsp3) is 0.625. The summed E-state index contributed by atoms with van der Waals surface area (Å²) in [5.41, 5.74) is 7.27. The summed E-state index contributed by atoms with van der Waals surface area (Å²) >= 11 is 0. The zero-order valence-corrected chi connectivity index (χ0v) is 12.0. The minimum atomic E-state index is 0.379. The zero-order chi connectivity index (χ0) is 13.8. The van der Waals surface area contributed by atoms with Gasteiger partial charge in [0.05, 0.1) is 0 Å². The molecule has 2 aliphatic heterocycles. The number of hydrogen-bond donors (Lipinski definition) is 1. The largest absolute Gasteiger partial charge is 0.486 e. The molecule has 1 atom stereocenters. The zero-order valence-electron chi connectivity index (χ0n) is 12.0. The van der Waals surface area contributed by atoms with Crippen molar-refractivity contribution in [2.24, 2.45) is 5.73 Å². The van der Waals surface area contributed by atoms with Crippen LogP contribution in [0, 0.1) is 0 Å². The summed E-state index contributed by atoms with van der Waals surface area (Å²) in [5.74, 6) is 2.10. The molecule has 3 rings (SSSR count). The van der Waals surface area contributed by atoms with Crippen molar-refractivity contribution in [1.29, 1.82) is 0 Å². The molecule has 110 valence electrons. The highest BCUT2D eigenvalue weighted by Crippen LogP contribution is 2.33. The molecule has 4 nitrogen and oxygen atoms in total. The summed E-state index contributed by atoms with van der Waals surface area (Å²) in [7, 11) is 0. The first kappa shape index (κ1) is 13.7. The number of ether oxygens (including phenoxy) is 2. The third-order valence-corrected chi connectivity index (χ3v) is 4.25. The maximum absolute atomic E-state index is 6.00. The van der Waals surface area contributed by atoms with Gasteiger partial charge in [0.15, 0.2) is 11.5 Å². The van der Waals surface area contributed by atoms with Crippen molar-refractivity contribution >= 4 is 0 Å². The number of rotatable bonds is 4. The van der Waals surface area contributed by atoms with Crippen LogP contribution < -0.4 is 15.2 Å². The second-order valence-corrected chi connectivity index (χ2v) is 5.70. The first-order chi connectivity index (χ1) is 9.86. The van der Waals surface area contributed by atoms with Crippen LogP contribution in [0.2, 0.25) is 0 Å². The average Bonchev–Trinajstić information content (AvgIpc) is 2.53. The van der Waals surface area contributed by atoms with Gasteiger partial charge in [-0.2, -0.15) is 0 Å². The summed E-state index contributed by atoms with van der Waals surface area (Å²) in [4.78, 5) is 2.54. The Morgan fingerprint density at radius 2 is 1.80 bits per heavy atom. The Morgan fingerprint density at radius 1 is 1.05 bits per heavy atom. The van der Waals surface area contributed by atoms with Crippen LogP contribution in [0.4, 0.5) is 0 Å². The quantitative estimate of drug-likeness (QED) is 0.913. The van der Waals surface area contributed by atoms with Crippen molar-refractivity contribution in [2.75, 3.05) is 39.4 Å². The predicted octanol–water partition coefficient (Wildman–Crippen LogP) is 1.99. The third-order valence-electron chi connectivity index (χ3n) is 4.25. The van der Waals surface area contributed by atoms with E-state index in [0.717, 1.165) is 18.0 Å². The first-order valence-corrected chi connectivity index (χ1v) is 7.69. The van der Waals surface area contributed by atoms with Gasteiger partial charge in [0, 0.05) is 19.0 Å². The lowest BCUT2D eigenvalue weighted by Gasteiger charge is -2.30. The number of fused-ring (bicyclic) bond motifs is 1. The molecule has 0 saturated carbocycles. The van der Waals surface area contributed by atoms with Crippen LogP contribution in [0.5, 0.6) is 11.5 Å². The maximum atomic E-state index is 6.00. The highest BCUT2D eigenvalue weighted by molar-refractivity contribution is 5.45. The number of likely N-dealkylation sites (tertiary alicyclic amines) is 1. The summed E-state index contributed by atoms with van der Waals surface area (Å²) in [6, 6.07) is 6.26. The molecule has 0 amide bonds. The molecule has 1 aromatic rings. The second-order valence-electron chi connectivity index (χ2n) is 5.70. The minimum Gasteiger partial charge on any atom is -0.486 e. The highest BCUT2D eigenvalue weighted by Gasteiger charge is 2.19. The summed E-state index contributed by atoms with van der Waals surface area (Å²) in [5, 5.41) is 0. The van der Waals surface area contributed by atoms with Crippen LogP contribution in [0.1, 0.15) is 30.7 Å². The molecule has 2 N–H and O–H groups in total. The van der Waals surface area contributed by atoms with Crippen LogP contribution in [0.3, 0.4) is 0 Å². The molecule has 1 unspecified atom stereocenters. The Labute approximate surface area is 120 Å². The van der Waals surface area contributed by atoms with Gasteiger partial charge in [-0.3, -0.25) is 0 Å². The lowest BCUT2D eigenvalue weighted by Crippen LogP contribution is -2.35. The number of piperidine rings is 1. The summed E-state index contributed by atoms with van der Waals surface area (Å²) < 4.78 is 11.2. The Morgan fingerprint density at radius 3 is 2.55 bits per heavy atom. The van der Waals surface area contributed by atoms with E-state index in [2.05, 4.69) is 17.0 Å². The van der Waals surface area contributed by atoms with Gasteiger partial charge < -0.3 is 20.1 Å². The first-order valence-electron chi connectivity index (χ1n) is 7.69. The molecule has 0 spiro atoms. The van der Waals surface area contributed by atoms with Crippen LogP contribution in [-0.2, 0) is 0 Å². The van der Waals surface area contributed by atoms with Crippen molar-refractivity contribution in [3.05, 3.63) is 23.8 Å². The van der Waals surface area contributed by atoms with Gasteiger partial charge >= 0.3 is 0 Å². The molecule has 0 aromatic heterocycles. The number of nitrogens with two attached hydrogens (primary N) is 1. The molecule has 20 heavy (non-hydrogen) atoms. The van der Waals surface area contributed by atoms with E-state index in [1.54, 1.807) is 0 Å². The van der Waals surface area contributed by atoms with Gasteiger partial charge in [0.25, 0.3) is 0 Å². The molecular weight excluding hydrogens is 252 g/mol. The fourth-order valence-corrected chi connectivity index (χ4v) is 3.08. The van der Waals surface area contributed by atoms with Gasteiger partial charge in [-0.25, -0.2) is 0 Å². The van der Waals surface area contributed by atoms with Gasteiger partial charge in [-0.1, -0.05) is 12.5 Å². The number of benzene rings is 1. The van der Waals surface area contributed by atoms with Crippen LogP contribution >= 0.6 is 0 Å². The van der Waals surface area contributed by atoms with Crippen molar-refractivity contribution in [3.8, 4) is 11.5 Å². The van der Waals surface area contributed by atoms with E-state index in [1.807, 2.05) is 6.07 Å². The average molecular weight is 276 g/mol. The van der Waals surface area contributed by atoms with Crippen molar-refractivity contribution in [2.45, 2.75) is 25.2 Å². The Balaban J connectivity index is 1.71. The van der Waals surface area contributed by atoms with Crippen molar-refractivity contribution < 1.29 is 9.47 Å². The Bertz CT molecular complexity index is 444. The summed E-state index contributed by atoms with van der Waals surface area (Å²) in [6.07, 6.45) is 4.00. The number of hydrogen-bond acceptors (Lipinski definition) is 4. The molecule has 2 aliphatic rings. The second kappa shape index (κ2) is 6.46. The smallest absolute Gasteiger partial charge is 0.161 e. The van der Waals surface area contributed by atoms with E-state index >= 15 is 0 Å². The topological polar surface area (TPSA) is 47.7 Å². The third kappa shape index (κ3) is 3.07. The Hall–Kier alpha value is -1.26. The highest BCUT2D eigenvalue weighted by atomic mass is 16.6. The molecule has 0 radical (unpaired) electrons. The van der Waals surface area contributed by atoms with E-state index in [-0.39, 0.29) is 0 Å². The van der Waals surface area contributed by atoms with Crippen LogP contribution in [-0.4, -0.2) is 44.3 Å². The van der Waals surface area contributed by atoms with E-state index in [0.29, 0.717) is 25.7 Å². The lowest BCUT2D eigenvalue weighted by atomic mass is 9.97. The normalized spacial score (nSPS) is 20.6. The van der Waals surface area contributed by atoms with Crippen LogP contribution in [0.25, 0.3) is 0 Å². The predicted molar refractivity (Wildman–Crippen MR) is 79.5 cm³/mol. The van der Waals surface area contributed by atoms with E-state index in [1.165, 1.54) is 37.9 Å². The molecule has 2 heterocycles. The molecule has 0 aliphatic carbocycles. The molecule has 1 saturated heterocycles. The lowest BCUT2D eigenvalue weighted by molar-refractivity contribution is 0.171. The molecule has 1 aromatic carbocycles. The maximum Gasteiger partial charge on any atom is 0.161 e. The van der Waals surface area contributed by atoms with Crippen molar-refractivity contribution in [1.82, 2.24) is 4.90 Å².